The summed E-state index contributed by atoms with van der Waals surface area (Å²) in [5, 5.41) is 23.4. The van der Waals surface area contributed by atoms with Crippen molar-refractivity contribution >= 4 is 0 Å². The Bertz CT molecular complexity index is 808. The molecule has 0 amide bonds. The first kappa shape index (κ1) is 20.2. The number of hydrogen-bond acceptors (Lipinski definition) is 5. The molecule has 3 rings (SSSR count). The third-order valence-electron chi connectivity index (χ3n) is 4.41. The fraction of sp³-hybridized carbons (Fsp3) is 0.318. The Labute approximate surface area is 165 Å². The summed E-state index contributed by atoms with van der Waals surface area (Å²) in [6, 6.07) is 19.7. The molecular weight excluding hydrogens is 356 g/mol. The summed E-state index contributed by atoms with van der Waals surface area (Å²) in [6.07, 6.45) is 2.48. The van der Waals surface area contributed by atoms with Crippen molar-refractivity contribution in [3.63, 3.8) is 0 Å². The van der Waals surface area contributed by atoms with Crippen molar-refractivity contribution in [2.75, 3.05) is 13.2 Å². The number of rotatable bonds is 11. The zero-order valence-corrected chi connectivity index (χ0v) is 15.7. The van der Waals surface area contributed by atoms with Crippen LogP contribution in [-0.2, 0) is 29.2 Å². The third-order valence-corrected chi connectivity index (χ3v) is 4.41. The predicted octanol–water partition coefficient (Wildman–Crippen LogP) is 2.71. The molecule has 28 heavy (non-hydrogen) atoms. The lowest BCUT2D eigenvalue weighted by atomic mass is 10.1. The van der Waals surface area contributed by atoms with E-state index in [1.54, 1.807) is 10.9 Å². The highest BCUT2D eigenvalue weighted by atomic mass is 16.5. The van der Waals surface area contributed by atoms with Gasteiger partial charge in [0.25, 0.3) is 0 Å². The fourth-order valence-corrected chi connectivity index (χ4v) is 2.94. The Morgan fingerprint density at radius 2 is 1.46 bits per heavy atom. The summed E-state index contributed by atoms with van der Waals surface area (Å²) in [5.74, 6) is 0. The minimum absolute atomic E-state index is 0.00456. The van der Waals surface area contributed by atoms with Gasteiger partial charge in [0.2, 0.25) is 0 Å². The van der Waals surface area contributed by atoms with Gasteiger partial charge in [0.15, 0.2) is 0 Å². The molecule has 1 heterocycles. The molecule has 0 bridgehead atoms. The second-order valence-corrected chi connectivity index (χ2v) is 6.50. The van der Waals surface area contributed by atoms with Crippen LogP contribution in [0, 0.1) is 0 Å². The molecule has 0 radical (unpaired) electrons. The van der Waals surface area contributed by atoms with E-state index in [-0.39, 0.29) is 13.2 Å². The average molecular weight is 382 g/mol. The number of ether oxygens (including phenoxy) is 2. The van der Waals surface area contributed by atoms with Crippen LogP contribution < -0.4 is 0 Å². The van der Waals surface area contributed by atoms with Crippen LogP contribution in [0.5, 0.6) is 0 Å². The summed E-state index contributed by atoms with van der Waals surface area (Å²) < 4.78 is 13.8. The Morgan fingerprint density at radius 3 is 2.04 bits per heavy atom. The molecule has 6 nitrogen and oxygen atoms in total. The summed E-state index contributed by atoms with van der Waals surface area (Å²) in [4.78, 5) is 0. The molecule has 2 N–H and O–H groups in total. The Balaban J connectivity index is 1.74. The first-order chi connectivity index (χ1) is 13.8. The molecule has 2 atom stereocenters. The molecule has 0 aliphatic rings. The molecular formula is C22H26N2O4. The Hall–Kier alpha value is -2.51. The van der Waals surface area contributed by atoms with E-state index < -0.39 is 12.2 Å². The number of aromatic nitrogens is 2. The molecule has 2 aromatic carbocycles. The molecule has 0 saturated heterocycles. The van der Waals surface area contributed by atoms with Gasteiger partial charge in [0.05, 0.1) is 39.2 Å². The largest absolute Gasteiger partial charge is 0.394 e. The quantitative estimate of drug-likeness (QED) is 0.533. The molecule has 0 unspecified atom stereocenters. The van der Waals surface area contributed by atoms with Gasteiger partial charge in [0, 0.05) is 11.8 Å². The number of hydrogen-bond donors (Lipinski definition) is 2. The van der Waals surface area contributed by atoms with Crippen LogP contribution in [-0.4, -0.2) is 39.3 Å². The zero-order chi connectivity index (χ0) is 19.6. The summed E-state index contributed by atoms with van der Waals surface area (Å²) in [5.41, 5.74) is 2.87. The van der Waals surface area contributed by atoms with E-state index in [1.165, 1.54) is 0 Å². The minimum Gasteiger partial charge on any atom is -0.394 e. The smallest absolute Gasteiger partial charge is 0.114 e. The summed E-state index contributed by atoms with van der Waals surface area (Å²) >= 11 is 0. The number of aliphatic hydroxyl groups is 2. The molecule has 0 fully saturated rings. The lowest BCUT2D eigenvalue weighted by Crippen LogP contribution is -2.28. The van der Waals surface area contributed by atoms with Gasteiger partial charge < -0.3 is 19.7 Å². The maximum absolute atomic E-state index is 9.97. The van der Waals surface area contributed by atoms with Crippen molar-refractivity contribution in [3.05, 3.63) is 89.7 Å². The number of benzene rings is 2. The summed E-state index contributed by atoms with van der Waals surface area (Å²) in [6.45, 7) is 0.992. The maximum atomic E-state index is 9.97. The lowest BCUT2D eigenvalue weighted by molar-refractivity contribution is -0.106. The molecule has 0 spiro atoms. The molecule has 148 valence electrons. The van der Waals surface area contributed by atoms with E-state index >= 15 is 0 Å². The molecule has 3 aromatic rings. The Kier molecular flexibility index (Phi) is 7.75. The average Bonchev–Trinajstić information content (AvgIpc) is 3.20. The van der Waals surface area contributed by atoms with E-state index in [2.05, 4.69) is 5.10 Å². The molecule has 0 aliphatic heterocycles. The van der Waals surface area contributed by atoms with Crippen molar-refractivity contribution < 1.29 is 19.7 Å². The van der Waals surface area contributed by atoms with Crippen molar-refractivity contribution in [1.29, 1.82) is 0 Å². The highest BCUT2D eigenvalue weighted by molar-refractivity contribution is 5.16. The molecule has 0 saturated carbocycles. The van der Waals surface area contributed by atoms with Gasteiger partial charge in [-0.2, -0.15) is 5.10 Å². The van der Waals surface area contributed by atoms with Crippen LogP contribution in [0.3, 0.4) is 0 Å². The molecule has 6 heteroatoms. The second-order valence-electron chi connectivity index (χ2n) is 6.50. The second kappa shape index (κ2) is 10.7. The molecule has 0 aliphatic carbocycles. The highest BCUT2D eigenvalue weighted by Crippen LogP contribution is 2.25. The van der Waals surface area contributed by atoms with Gasteiger partial charge in [-0.25, -0.2) is 0 Å². The molecule has 1 aromatic heterocycles. The number of aliphatic hydroxyl groups excluding tert-OH is 2. The van der Waals surface area contributed by atoms with Crippen molar-refractivity contribution in [3.8, 4) is 0 Å². The first-order valence-corrected chi connectivity index (χ1v) is 9.35. The van der Waals surface area contributed by atoms with E-state index in [0.717, 1.165) is 16.7 Å². The zero-order valence-electron chi connectivity index (χ0n) is 15.7. The van der Waals surface area contributed by atoms with Crippen LogP contribution in [0.25, 0.3) is 0 Å². The van der Waals surface area contributed by atoms with Gasteiger partial charge in [-0.1, -0.05) is 60.7 Å². The number of nitrogens with zero attached hydrogens (tertiary/aromatic N) is 2. The van der Waals surface area contributed by atoms with Crippen molar-refractivity contribution in [2.24, 2.45) is 0 Å². The maximum Gasteiger partial charge on any atom is 0.114 e. The van der Waals surface area contributed by atoms with Crippen LogP contribution in [0.15, 0.2) is 73.1 Å². The van der Waals surface area contributed by atoms with Crippen LogP contribution >= 0.6 is 0 Å². The van der Waals surface area contributed by atoms with E-state index in [4.69, 9.17) is 14.6 Å². The van der Waals surface area contributed by atoms with Crippen LogP contribution in [0.1, 0.15) is 22.8 Å². The lowest BCUT2D eigenvalue weighted by Gasteiger charge is -2.25. The van der Waals surface area contributed by atoms with Crippen LogP contribution in [0.2, 0.25) is 0 Å². The van der Waals surface area contributed by atoms with Crippen molar-refractivity contribution in [2.45, 2.75) is 32.0 Å². The van der Waals surface area contributed by atoms with Gasteiger partial charge in [-0.05, 0) is 11.1 Å². The monoisotopic (exact) mass is 382 g/mol. The topological polar surface area (TPSA) is 76.7 Å². The van der Waals surface area contributed by atoms with Gasteiger partial charge in [0.1, 0.15) is 12.2 Å². The summed E-state index contributed by atoms with van der Waals surface area (Å²) in [7, 11) is 0. The van der Waals surface area contributed by atoms with E-state index in [9.17, 15) is 5.11 Å². The minimum atomic E-state index is -0.546. The fourth-order valence-electron chi connectivity index (χ4n) is 2.94. The highest BCUT2D eigenvalue weighted by Gasteiger charge is 2.26. The normalized spacial score (nSPS) is 13.4. The SMILES string of the molecule is OCCn1cc([C@@H](OCc2ccccc2)[C@@H](CO)OCc2ccccc2)cn1. The van der Waals surface area contributed by atoms with Crippen LogP contribution in [0.4, 0.5) is 0 Å². The van der Waals surface area contributed by atoms with E-state index in [1.807, 2.05) is 66.9 Å². The predicted molar refractivity (Wildman–Crippen MR) is 105 cm³/mol. The Morgan fingerprint density at radius 1 is 0.857 bits per heavy atom. The standard InChI is InChI=1S/C22H26N2O4/c25-12-11-24-14-20(13-23-24)22(28-17-19-9-5-2-6-10-19)21(15-26)27-16-18-7-3-1-4-8-18/h1-10,13-14,21-22,25-26H,11-12,15-17H2/t21-,22-/m1/s1. The first-order valence-electron chi connectivity index (χ1n) is 9.35. The third kappa shape index (κ3) is 5.74. The van der Waals surface area contributed by atoms with Gasteiger partial charge >= 0.3 is 0 Å². The van der Waals surface area contributed by atoms with E-state index in [0.29, 0.717) is 19.8 Å². The van der Waals surface area contributed by atoms with Gasteiger partial charge in [-0.15, -0.1) is 0 Å². The van der Waals surface area contributed by atoms with Gasteiger partial charge in [-0.3, -0.25) is 4.68 Å². The van der Waals surface area contributed by atoms with Crippen molar-refractivity contribution in [1.82, 2.24) is 9.78 Å².